The van der Waals surface area contributed by atoms with E-state index in [1.807, 2.05) is 18.6 Å². The molecule has 0 atom stereocenters. The number of hydrogen-bond acceptors (Lipinski definition) is 0. The Morgan fingerprint density at radius 2 is 1.88 bits per heavy atom. The van der Waals surface area contributed by atoms with E-state index in [1.165, 1.54) is 0 Å². The molecule has 0 heterocycles. The number of allylic oxidation sites excluding steroid dienone is 4. The molecular formula is C8H11. The minimum absolute atomic E-state index is 0.954. The largest absolute Gasteiger partial charge is 0.0882 e. The van der Waals surface area contributed by atoms with Crippen LogP contribution in [0.25, 0.3) is 0 Å². The normalized spacial score (nSPS) is 11.8. The third kappa shape index (κ3) is 5.48. The fraction of sp³-hybridized carbons (Fsp3) is 0.125. The Labute approximate surface area is 51.9 Å². The van der Waals surface area contributed by atoms with E-state index in [0.29, 0.717) is 0 Å². The van der Waals surface area contributed by atoms with E-state index >= 15 is 0 Å². The molecule has 0 aromatic rings. The molecule has 43 valence electrons. The zero-order valence-corrected chi connectivity index (χ0v) is 5.01. The standard InChI is InChI=1S/C8H11/c1-3-5-7-8-6-4-2/h3-7H,1-2,8H2/b5-3+,6-4+. The smallest absolute Gasteiger partial charge is 0.0133 e. The van der Waals surface area contributed by atoms with E-state index in [4.69, 9.17) is 0 Å². The summed E-state index contributed by atoms with van der Waals surface area (Å²) in [4.78, 5) is 0. The van der Waals surface area contributed by atoms with Gasteiger partial charge in [-0.3, -0.25) is 0 Å². The van der Waals surface area contributed by atoms with Crippen molar-refractivity contribution in [2.45, 2.75) is 6.42 Å². The van der Waals surface area contributed by atoms with Gasteiger partial charge in [-0.05, 0) is 26.7 Å². The van der Waals surface area contributed by atoms with Crippen molar-refractivity contribution in [2.75, 3.05) is 0 Å². The first kappa shape index (κ1) is 7.48. The van der Waals surface area contributed by atoms with E-state index in [9.17, 15) is 0 Å². The highest BCUT2D eigenvalue weighted by molar-refractivity contribution is 5.00. The molecule has 0 aliphatic rings. The molecule has 0 N–H and O–H groups in total. The average Bonchev–Trinajstić information content (AvgIpc) is 1.81. The quantitative estimate of drug-likeness (QED) is 0.486. The first-order valence-electron chi connectivity index (χ1n) is 2.63. The van der Waals surface area contributed by atoms with Gasteiger partial charge in [0.05, 0.1) is 0 Å². The van der Waals surface area contributed by atoms with Crippen molar-refractivity contribution >= 4 is 0 Å². The minimum Gasteiger partial charge on any atom is -0.0882 e. The van der Waals surface area contributed by atoms with Gasteiger partial charge >= 0.3 is 0 Å². The van der Waals surface area contributed by atoms with Gasteiger partial charge in [0.1, 0.15) is 0 Å². The maximum absolute atomic E-state index is 3.54. The molecule has 0 spiro atoms. The van der Waals surface area contributed by atoms with E-state index in [2.05, 4.69) is 13.8 Å². The summed E-state index contributed by atoms with van der Waals surface area (Å²) in [5.74, 6) is 0. The van der Waals surface area contributed by atoms with E-state index < -0.39 is 0 Å². The average molecular weight is 107 g/mol. The highest BCUT2D eigenvalue weighted by atomic mass is 13.8. The molecule has 0 unspecified atom stereocenters. The van der Waals surface area contributed by atoms with E-state index in [-0.39, 0.29) is 0 Å². The van der Waals surface area contributed by atoms with E-state index in [1.54, 1.807) is 12.2 Å². The number of unbranched alkanes of at least 4 members (excludes halogenated alkanes) is 1. The maximum atomic E-state index is 3.54. The molecule has 0 aliphatic heterocycles. The van der Waals surface area contributed by atoms with Gasteiger partial charge in [0.15, 0.2) is 0 Å². The molecule has 0 amide bonds. The first-order valence-corrected chi connectivity index (χ1v) is 2.63. The van der Waals surface area contributed by atoms with Gasteiger partial charge in [0.2, 0.25) is 0 Å². The second-order valence-electron chi connectivity index (χ2n) is 1.37. The van der Waals surface area contributed by atoms with Crippen molar-refractivity contribution in [2.24, 2.45) is 0 Å². The van der Waals surface area contributed by atoms with Crippen molar-refractivity contribution < 1.29 is 0 Å². The Morgan fingerprint density at radius 3 is 2.38 bits per heavy atom. The topological polar surface area (TPSA) is 0 Å². The molecule has 8 heavy (non-hydrogen) atoms. The zero-order chi connectivity index (χ0) is 6.24. The highest BCUT2D eigenvalue weighted by Crippen LogP contribution is 1.89. The van der Waals surface area contributed by atoms with Crippen LogP contribution in [0.4, 0.5) is 0 Å². The van der Waals surface area contributed by atoms with Crippen LogP contribution in [0.3, 0.4) is 0 Å². The van der Waals surface area contributed by atoms with Crippen molar-refractivity contribution in [3.05, 3.63) is 44.6 Å². The van der Waals surface area contributed by atoms with Crippen LogP contribution < -0.4 is 0 Å². The Kier molecular flexibility index (Phi) is 6.06. The first-order chi connectivity index (χ1) is 3.91. The molecular weight excluding hydrogens is 96.1 g/mol. The van der Waals surface area contributed by atoms with Crippen LogP contribution in [0, 0.1) is 20.3 Å². The second kappa shape index (κ2) is 6.48. The van der Waals surface area contributed by atoms with Gasteiger partial charge < -0.3 is 0 Å². The van der Waals surface area contributed by atoms with Crippen molar-refractivity contribution in [3.63, 3.8) is 0 Å². The predicted molar refractivity (Wildman–Crippen MR) is 37.9 cm³/mol. The third-order valence-electron chi connectivity index (χ3n) is 0.711. The van der Waals surface area contributed by atoms with Gasteiger partial charge in [-0.25, -0.2) is 0 Å². The van der Waals surface area contributed by atoms with Crippen LogP contribution in [0.5, 0.6) is 0 Å². The molecule has 0 rings (SSSR count). The highest BCUT2D eigenvalue weighted by Gasteiger charge is 1.71. The predicted octanol–water partition coefficient (Wildman–Crippen LogP) is 2.36. The lowest BCUT2D eigenvalue weighted by molar-refractivity contribution is 1.29. The van der Waals surface area contributed by atoms with Crippen LogP contribution in [0.1, 0.15) is 6.42 Å². The maximum Gasteiger partial charge on any atom is -0.0133 e. The summed E-state index contributed by atoms with van der Waals surface area (Å²) < 4.78 is 0. The number of hydrogen-bond donors (Lipinski definition) is 0. The zero-order valence-electron chi connectivity index (χ0n) is 5.01. The molecule has 0 aromatic heterocycles. The summed E-state index contributed by atoms with van der Waals surface area (Å²) in [5.41, 5.74) is 0. The lowest BCUT2D eigenvalue weighted by atomic mass is 10.3. The summed E-state index contributed by atoms with van der Waals surface area (Å²) in [5, 5.41) is 0. The third-order valence-corrected chi connectivity index (χ3v) is 0.711. The van der Waals surface area contributed by atoms with Crippen molar-refractivity contribution in [1.82, 2.24) is 0 Å². The Morgan fingerprint density at radius 1 is 1.12 bits per heavy atom. The summed E-state index contributed by atoms with van der Waals surface area (Å²) in [6.45, 7) is 7.07. The Balaban J connectivity index is 2.93. The minimum atomic E-state index is 0.954. The molecule has 0 heteroatoms. The van der Waals surface area contributed by atoms with Gasteiger partial charge in [-0.1, -0.05) is 24.3 Å². The van der Waals surface area contributed by atoms with Gasteiger partial charge in [0, 0.05) is 0 Å². The van der Waals surface area contributed by atoms with Crippen LogP contribution in [-0.2, 0) is 0 Å². The SMILES string of the molecule is [CH2]/C=C/[CH]C/C=C/[CH2]. The Bertz CT molecular complexity index is 66.0. The molecule has 0 saturated carbocycles. The van der Waals surface area contributed by atoms with Crippen LogP contribution >= 0.6 is 0 Å². The van der Waals surface area contributed by atoms with Crippen LogP contribution in [0.15, 0.2) is 24.3 Å². The van der Waals surface area contributed by atoms with Gasteiger partial charge in [-0.15, -0.1) is 0 Å². The molecule has 0 saturated heterocycles. The summed E-state index contributed by atoms with van der Waals surface area (Å²) in [6, 6.07) is 0. The lowest BCUT2D eigenvalue weighted by Gasteiger charge is -1.80. The number of rotatable bonds is 3. The monoisotopic (exact) mass is 107 g/mol. The van der Waals surface area contributed by atoms with Crippen molar-refractivity contribution in [1.29, 1.82) is 0 Å². The van der Waals surface area contributed by atoms with Gasteiger partial charge in [0.25, 0.3) is 0 Å². The molecule has 0 nitrogen and oxygen atoms in total. The summed E-state index contributed by atoms with van der Waals surface area (Å²) in [7, 11) is 0. The fourth-order valence-electron chi connectivity index (χ4n) is 0.350. The molecule has 3 radical (unpaired) electrons. The fourth-order valence-corrected chi connectivity index (χ4v) is 0.350. The molecule has 0 fully saturated rings. The van der Waals surface area contributed by atoms with Gasteiger partial charge in [-0.2, -0.15) is 0 Å². The van der Waals surface area contributed by atoms with Crippen molar-refractivity contribution in [3.8, 4) is 0 Å². The Hall–Kier alpha value is -0.520. The molecule has 0 aliphatic carbocycles. The lowest BCUT2D eigenvalue weighted by Crippen LogP contribution is -1.62. The van der Waals surface area contributed by atoms with Crippen LogP contribution in [0.2, 0.25) is 0 Å². The van der Waals surface area contributed by atoms with Crippen LogP contribution in [-0.4, -0.2) is 0 Å². The summed E-state index contributed by atoms with van der Waals surface area (Å²) >= 11 is 0. The molecule has 0 aromatic carbocycles. The van der Waals surface area contributed by atoms with E-state index in [0.717, 1.165) is 6.42 Å². The second-order valence-corrected chi connectivity index (χ2v) is 1.37. The molecule has 0 bridgehead atoms. The summed E-state index contributed by atoms with van der Waals surface area (Å²) in [6.07, 6.45) is 10.4.